The summed E-state index contributed by atoms with van der Waals surface area (Å²) in [5, 5.41) is 40.5. The minimum Gasteiger partial charge on any atom is -0.481 e. The molecule has 10 atom stereocenters. The van der Waals surface area contributed by atoms with E-state index in [4.69, 9.17) is 17.2 Å². The largest absolute Gasteiger partial charge is 0.481 e. The lowest BCUT2D eigenvalue weighted by Crippen LogP contribution is -2.62. The second-order valence-corrected chi connectivity index (χ2v) is 19.5. The molecule has 0 aromatic carbocycles. The van der Waals surface area contributed by atoms with Crippen molar-refractivity contribution in [2.45, 2.75) is 140 Å². The molecule has 0 aliphatic heterocycles. The molecule has 0 saturated heterocycles. The molecule has 0 radical (unpaired) electrons. The predicted molar refractivity (Wildman–Crippen MR) is 279 cm³/mol. The van der Waals surface area contributed by atoms with Crippen LogP contribution in [0, 0.1) is 11.8 Å². The number of rotatable bonds is 35. The van der Waals surface area contributed by atoms with Crippen LogP contribution in [-0.4, -0.2) is 180 Å². The summed E-state index contributed by atoms with van der Waals surface area (Å²) in [6.45, 7) is 7.56. The number of aliphatic imine (C=N–C) groups is 1. The summed E-state index contributed by atoms with van der Waals surface area (Å²) in [4.78, 5) is 151. The first-order valence-corrected chi connectivity index (χ1v) is 26.1. The summed E-state index contributed by atoms with van der Waals surface area (Å²) in [5.41, 5.74) is 18.1. The third-order valence-corrected chi connectivity index (χ3v) is 12.3. The summed E-state index contributed by atoms with van der Waals surface area (Å²) in [5.74, 6) is -9.52. The van der Waals surface area contributed by atoms with E-state index in [-0.39, 0.29) is 50.4 Å². The van der Waals surface area contributed by atoms with Crippen LogP contribution in [0.1, 0.15) is 78.1 Å². The number of aromatic nitrogens is 4. The van der Waals surface area contributed by atoms with Gasteiger partial charge in [-0.05, 0) is 56.5 Å². The number of nitrogens with two attached hydrogens (primary N) is 3. The van der Waals surface area contributed by atoms with Crippen molar-refractivity contribution in [3.63, 3.8) is 0 Å². The molecule has 75 heavy (non-hydrogen) atoms. The molecule has 0 fully saturated rings. The first-order valence-electron chi connectivity index (χ1n) is 24.1. The number of aldehydes is 1. The molecular formula is C45H74N16O12S2. The van der Waals surface area contributed by atoms with E-state index in [0.29, 0.717) is 23.4 Å². The fourth-order valence-electron chi connectivity index (χ4n) is 7.07. The van der Waals surface area contributed by atoms with Gasteiger partial charge in [0.2, 0.25) is 47.3 Å². The Morgan fingerprint density at radius 2 is 1.12 bits per heavy atom. The number of hydrogen-bond acceptors (Lipinski definition) is 17. The molecule has 0 aliphatic carbocycles. The van der Waals surface area contributed by atoms with Gasteiger partial charge in [0.15, 0.2) is 5.96 Å². The van der Waals surface area contributed by atoms with Gasteiger partial charge in [-0.2, -0.15) is 24.4 Å². The fraction of sp³-hybridized carbons (Fsp3) is 0.622. The van der Waals surface area contributed by atoms with Crippen molar-refractivity contribution in [2.75, 3.05) is 24.3 Å². The van der Waals surface area contributed by atoms with Crippen molar-refractivity contribution in [1.29, 1.82) is 0 Å². The topological polar surface area (TPSA) is 455 Å². The zero-order valence-electron chi connectivity index (χ0n) is 42.8. The van der Waals surface area contributed by atoms with E-state index in [2.05, 4.69) is 80.1 Å². The predicted octanol–water partition coefficient (Wildman–Crippen LogP) is -4.38. The van der Waals surface area contributed by atoms with Crippen molar-refractivity contribution >= 4 is 89.9 Å². The van der Waals surface area contributed by atoms with Crippen molar-refractivity contribution in [2.24, 2.45) is 34.0 Å². The number of carboxylic acid groups (broad SMARTS) is 1. The number of aromatic amines is 2. The molecule has 0 saturated carbocycles. The highest BCUT2D eigenvalue weighted by atomic mass is 32.2. The monoisotopic (exact) mass is 1090 g/mol. The quantitative estimate of drug-likeness (QED) is 0.0102. The van der Waals surface area contributed by atoms with E-state index < -0.39 is 138 Å². The third-order valence-electron chi connectivity index (χ3n) is 11.3. The van der Waals surface area contributed by atoms with Crippen molar-refractivity contribution < 1.29 is 58.2 Å². The maximum Gasteiger partial charge on any atom is 0.303 e. The highest BCUT2D eigenvalue weighted by Gasteiger charge is 2.37. The number of carbonyl (C=O) groups excluding carboxylic acids is 9. The van der Waals surface area contributed by atoms with Crippen molar-refractivity contribution in [1.82, 2.24) is 62.5 Å². The van der Waals surface area contributed by atoms with Gasteiger partial charge < -0.3 is 84.7 Å². The zero-order chi connectivity index (χ0) is 56.4. The van der Waals surface area contributed by atoms with E-state index in [0.717, 1.165) is 0 Å². The van der Waals surface area contributed by atoms with Crippen molar-refractivity contribution in [3.05, 3.63) is 36.4 Å². The molecule has 2 aromatic heterocycles. The number of imidazole rings is 2. The lowest BCUT2D eigenvalue weighted by molar-refractivity contribution is -0.139. The molecular weight excluding hydrogens is 1020 g/mol. The van der Waals surface area contributed by atoms with E-state index in [1.54, 1.807) is 34.0 Å². The number of H-pyrrole nitrogens is 2. The molecule has 30 heteroatoms. The third kappa shape index (κ3) is 23.1. The maximum atomic E-state index is 14.1. The van der Waals surface area contributed by atoms with Gasteiger partial charge in [0, 0.05) is 55.3 Å². The van der Waals surface area contributed by atoms with Crippen LogP contribution in [0.4, 0.5) is 0 Å². The molecule has 18 N–H and O–H groups in total. The first-order chi connectivity index (χ1) is 35.4. The van der Waals surface area contributed by atoms with Crippen LogP contribution in [0.3, 0.4) is 0 Å². The molecule has 0 spiro atoms. The standard InChI is InChI=1S/C45H74N16O12S2/c1-22(2)34(42(71)56-29(8-7-12-51-45(47)48)38(67)58-32(15-26-17-50-21-53-26)41(70)54-27(18-62)19-74)60-43(72)35(23(3)4)59-39(68)30(9-10-33(64)65)57-44(73)36(24(5)63)61-40(69)31(11-13-75-6)55-37(66)28(46)14-25-16-49-20-52-25/h16-18,20-24,27-32,34-36,63,74H,7-15,19,46H2,1-6H3,(H,49,52)(H,50,53)(H,54,70)(H,55,66)(H,56,71)(H,57,73)(H,58,67)(H,59,68)(H,60,72)(H,61,69)(H,64,65)(H4,47,48,51)/t24-,27-,28+,29+,30+,31+,32+,34+,35+,36+/m1/s1. The van der Waals surface area contributed by atoms with Crippen LogP contribution in [-0.2, 0) is 60.8 Å². The van der Waals surface area contributed by atoms with Gasteiger partial charge in [0.05, 0.1) is 30.8 Å². The number of amides is 8. The SMILES string of the molecule is CSCC[C@H](NC(=O)[C@@H](N)Cc1cnc[nH]1)C(=O)N[C@H](C(=O)N[C@@H](CCC(=O)O)C(=O)N[C@H](C(=O)N[C@H](C(=O)N[C@@H](CCCN=C(N)N)C(=O)N[C@@H](Cc1cnc[nH]1)C(=O)N[C@H](C=O)CS)C(C)C)C(C)C)[C@@H](C)O. The molecule has 418 valence electrons. The van der Waals surface area contributed by atoms with E-state index in [1.807, 2.05) is 0 Å². The summed E-state index contributed by atoms with van der Waals surface area (Å²) in [6, 6.07) is -12.1. The average molecular weight is 1100 g/mol. The fourth-order valence-corrected chi connectivity index (χ4v) is 7.72. The molecule has 8 amide bonds. The summed E-state index contributed by atoms with van der Waals surface area (Å²) in [6.07, 6.45) is 5.36. The minimum atomic E-state index is -1.73. The Kier molecular flexibility index (Phi) is 28.5. The molecule has 28 nitrogen and oxygen atoms in total. The minimum absolute atomic E-state index is 0.0321. The average Bonchev–Trinajstić information content (AvgIpc) is 4.08. The van der Waals surface area contributed by atoms with E-state index in [9.17, 15) is 58.2 Å². The second kappa shape index (κ2) is 33.2. The second-order valence-electron chi connectivity index (χ2n) is 18.2. The van der Waals surface area contributed by atoms with Gasteiger partial charge >= 0.3 is 5.97 Å². The summed E-state index contributed by atoms with van der Waals surface area (Å²) in [7, 11) is 0. The van der Waals surface area contributed by atoms with Crippen LogP contribution in [0.2, 0.25) is 0 Å². The summed E-state index contributed by atoms with van der Waals surface area (Å²) >= 11 is 5.45. The number of hydrogen-bond donors (Lipinski definition) is 16. The van der Waals surface area contributed by atoms with Crippen LogP contribution in [0.15, 0.2) is 30.0 Å². The molecule has 0 bridgehead atoms. The number of guanidine groups is 1. The van der Waals surface area contributed by atoms with Gasteiger partial charge in [0.25, 0.3) is 0 Å². The number of carboxylic acids is 1. The number of aliphatic carboxylic acids is 1. The molecule has 2 aromatic rings. The lowest BCUT2D eigenvalue weighted by Gasteiger charge is -2.30. The molecule has 0 unspecified atom stereocenters. The Morgan fingerprint density at radius 3 is 1.60 bits per heavy atom. The van der Waals surface area contributed by atoms with E-state index in [1.165, 1.54) is 43.7 Å². The lowest BCUT2D eigenvalue weighted by atomic mass is 9.98. The summed E-state index contributed by atoms with van der Waals surface area (Å²) < 4.78 is 0. The van der Waals surface area contributed by atoms with Gasteiger partial charge in [-0.25, -0.2) is 9.97 Å². The number of thiol groups is 1. The molecule has 2 rings (SSSR count). The maximum absolute atomic E-state index is 14.1. The Labute approximate surface area is 443 Å². The highest BCUT2D eigenvalue weighted by molar-refractivity contribution is 7.98. The number of thioether (sulfide) groups is 1. The normalized spacial score (nSPS) is 15.2. The number of carbonyl (C=O) groups is 10. The van der Waals surface area contributed by atoms with Gasteiger partial charge in [-0.3, -0.25) is 48.1 Å². The van der Waals surface area contributed by atoms with E-state index >= 15 is 0 Å². The first kappa shape index (κ1) is 64.3. The van der Waals surface area contributed by atoms with Gasteiger partial charge in [-0.15, -0.1) is 0 Å². The van der Waals surface area contributed by atoms with Crippen LogP contribution in [0.25, 0.3) is 0 Å². The Balaban J connectivity index is 2.35. The smallest absolute Gasteiger partial charge is 0.303 e. The van der Waals surface area contributed by atoms with Crippen LogP contribution in [0.5, 0.6) is 0 Å². The Morgan fingerprint density at radius 1 is 0.667 bits per heavy atom. The Bertz CT molecular complexity index is 2210. The number of nitrogens with one attached hydrogen (secondary N) is 10. The van der Waals surface area contributed by atoms with Crippen molar-refractivity contribution in [3.8, 4) is 0 Å². The highest BCUT2D eigenvalue weighted by Crippen LogP contribution is 2.12. The van der Waals surface area contributed by atoms with Gasteiger partial charge in [0.1, 0.15) is 48.6 Å². The number of aliphatic hydroxyl groups is 1. The molecule has 2 heterocycles. The Hall–Kier alpha value is -6.79. The van der Waals surface area contributed by atoms with Gasteiger partial charge in [-0.1, -0.05) is 27.7 Å². The number of aliphatic hydroxyl groups excluding tert-OH is 1. The zero-order valence-corrected chi connectivity index (χ0v) is 44.5. The number of nitrogens with zero attached hydrogens (tertiary/aromatic N) is 3. The molecule has 0 aliphatic rings. The van der Waals surface area contributed by atoms with Crippen LogP contribution < -0.4 is 59.7 Å². The van der Waals surface area contributed by atoms with Crippen LogP contribution >= 0.6 is 24.4 Å².